The van der Waals surface area contributed by atoms with E-state index in [4.69, 9.17) is 14.2 Å². The van der Waals surface area contributed by atoms with Crippen LogP contribution in [0.1, 0.15) is 58.7 Å². The fourth-order valence-corrected chi connectivity index (χ4v) is 8.00. The first-order valence-electron chi connectivity index (χ1n) is 18.6. The van der Waals surface area contributed by atoms with Crippen LogP contribution in [0.2, 0.25) is 0 Å². The van der Waals surface area contributed by atoms with E-state index in [1.807, 2.05) is 54.6 Å². The molecule has 5 aromatic carbocycles. The second-order valence-electron chi connectivity index (χ2n) is 14.1. The second-order valence-corrected chi connectivity index (χ2v) is 14.1. The second kappa shape index (κ2) is 16.6. The first kappa shape index (κ1) is 38.6. The van der Waals surface area contributed by atoms with Crippen molar-refractivity contribution in [2.45, 2.75) is 50.8 Å². The van der Waals surface area contributed by atoms with Crippen LogP contribution in [-0.2, 0) is 33.8 Å². The first-order valence-corrected chi connectivity index (χ1v) is 18.6. The average molecular weight is 770 g/mol. The van der Waals surface area contributed by atoms with E-state index < -0.39 is 36.1 Å². The number of phenolic OH excluding ortho intramolecular Hbond substituents is 1. The minimum atomic E-state index is -1.20. The van der Waals surface area contributed by atoms with E-state index in [9.17, 15) is 29.4 Å². The van der Waals surface area contributed by atoms with Crippen molar-refractivity contribution in [3.8, 4) is 39.5 Å². The molecule has 3 amide bonds. The topological polar surface area (TPSA) is 173 Å². The number of alkyl carbamates (subject to hydrolysis) is 1. The number of anilines is 1. The van der Waals surface area contributed by atoms with Gasteiger partial charge >= 0.3 is 6.09 Å². The number of aromatic hydroxyl groups is 1. The summed E-state index contributed by atoms with van der Waals surface area (Å²) in [7, 11) is 2.98. The molecular formula is C45H43N3O9. The molecule has 7 rings (SSSR count). The Hall–Kier alpha value is -6.66. The number of fused-ring (bicyclic) bond motifs is 6. The highest BCUT2D eigenvalue weighted by molar-refractivity contribution is 5.97. The number of benzene rings is 4. The van der Waals surface area contributed by atoms with E-state index in [-0.39, 0.29) is 36.3 Å². The number of amides is 3. The van der Waals surface area contributed by atoms with Gasteiger partial charge < -0.3 is 40.4 Å². The Morgan fingerprint density at radius 1 is 0.842 bits per heavy atom. The molecule has 0 saturated carbocycles. The van der Waals surface area contributed by atoms with Crippen LogP contribution in [0.15, 0.2) is 102 Å². The van der Waals surface area contributed by atoms with E-state index in [0.29, 0.717) is 52.2 Å². The monoisotopic (exact) mass is 769 g/mol. The summed E-state index contributed by atoms with van der Waals surface area (Å²) >= 11 is 0. The van der Waals surface area contributed by atoms with Crippen molar-refractivity contribution in [3.05, 3.63) is 141 Å². The van der Waals surface area contributed by atoms with Gasteiger partial charge in [0.05, 0.1) is 32.6 Å². The maximum absolute atomic E-state index is 14.1. The molecule has 5 N–H and O–H groups in total. The maximum atomic E-state index is 14.1. The Morgan fingerprint density at radius 2 is 1.53 bits per heavy atom. The summed E-state index contributed by atoms with van der Waals surface area (Å²) in [6, 6.07) is 26.7. The zero-order valence-corrected chi connectivity index (χ0v) is 31.8. The van der Waals surface area contributed by atoms with Crippen molar-refractivity contribution >= 4 is 23.6 Å². The molecule has 12 heteroatoms. The van der Waals surface area contributed by atoms with E-state index in [1.165, 1.54) is 45.4 Å². The molecule has 0 bridgehead atoms. The highest BCUT2D eigenvalue weighted by Gasteiger charge is 2.31. The summed E-state index contributed by atoms with van der Waals surface area (Å²) in [6.45, 7) is 1.02. The van der Waals surface area contributed by atoms with Gasteiger partial charge in [0.25, 0.3) is 0 Å². The number of aliphatic hydroxyl groups is 1. The Balaban J connectivity index is 1.20. The number of carbonyl (C=O) groups excluding carboxylic acids is 3. The van der Waals surface area contributed by atoms with Gasteiger partial charge in [-0.05, 0) is 93.2 Å². The third kappa shape index (κ3) is 7.90. The molecule has 292 valence electrons. The molecule has 12 nitrogen and oxygen atoms in total. The summed E-state index contributed by atoms with van der Waals surface area (Å²) in [4.78, 5) is 54.0. The van der Waals surface area contributed by atoms with E-state index in [0.717, 1.165) is 27.8 Å². The highest BCUT2D eigenvalue weighted by atomic mass is 16.5. The van der Waals surface area contributed by atoms with Gasteiger partial charge in [0.1, 0.15) is 18.4 Å². The SMILES string of the molecule is COc1cc2c(c(CO)c1OC)-c1ccc(NC(=O)[C@H](Cc3ccc(O)cc3)NC(=O)OCC3c4ccccc4-c4ccccc43)c(=O)cc1C(NC(C)=O)CC2. The molecule has 0 aromatic heterocycles. The highest BCUT2D eigenvalue weighted by Crippen LogP contribution is 2.46. The predicted octanol–water partition coefficient (Wildman–Crippen LogP) is 6.14. The quantitative estimate of drug-likeness (QED) is 0.106. The standard InChI is InChI=1S/C45H43N3O9/c1-25(50)46-37-18-14-27-21-41(55-2)43(56-3)35(23-49)42(27)33-17-19-38(40(52)22-34(33)37)47-44(53)39(20-26-12-15-28(51)16-13-26)48-45(54)57-24-36-31-10-6-4-8-29(31)30-9-5-7-11-32(30)36/h4-13,15-17,19,21-22,36-37,39,49,51H,14,18,20,23-24H2,1-3H3,(H,46,50)(H,48,54)(H,47,52,53)/t37?,39-/m0/s1. The molecule has 2 aliphatic carbocycles. The van der Waals surface area contributed by atoms with Crippen molar-refractivity contribution in [2.75, 3.05) is 26.1 Å². The zero-order chi connectivity index (χ0) is 40.2. The van der Waals surface area contributed by atoms with Gasteiger partial charge in [-0.3, -0.25) is 14.4 Å². The predicted molar refractivity (Wildman–Crippen MR) is 214 cm³/mol. The molecule has 0 aliphatic heterocycles. The Morgan fingerprint density at radius 3 is 2.16 bits per heavy atom. The molecular weight excluding hydrogens is 727 g/mol. The van der Waals surface area contributed by atoms with Crippen molar-refractivity contribution < 1.29 is 38.8 Å². The van der Waals surface area contributed by atoms with Crippen LogP contribution in [0.25, 0.3) is 22.3 Å². The number of rotatable bonds is 11. The summed E-state index contributed by atoms with van der Waals surface area (Å²) in [6.07, 6.45) is 0.118. The number of carbonyl (C=O) groups is 3. The van der Waals surface area contributed by atoms with Crippen LogP contribution in [0.5, 0.6) is 17.2 Å². The van der Waals surface area contributed by atoms with Crippen molar-refractivity contribution in [1.29, 1.82) is 0 Å². The average Bonchev–Trinajstić information content (AvgIpc) is 3.34. The number of hydrogen-bond acceptors (Lipinski definition) is 9. The molecule has 0 saturated heterocycles. The largest absolute Gasteiger partial charge is 0.508 e. The van der Waals surface area contributed by atoms with Crippen LogP contribution in [0.4, 0.5) is 10.5 Å². The summed E-state index contributed by atoms with van der Waals surface area (Å²) < 4.78 is 17.0. The van der Waals surface area contributed by atoms with Crippen LogP contribution < -0.4 is 30.9 Å². The maximum Gasteiger partial charge on any atom is 0.407 e. The molecule has 0 spiro atoms. The first-order chi connectivity index (χ1) is 27.6. The minimum absolute atomic E-state index is 0.0133. The lowest BCUT2D eigenvalue weighted by Crippen LogP contribution is -2.46. The lowest BCUT2D eigenvalue weighted by molar-refractivity contribution is -0.120. The van der Waals surface area contributed by atoms with Gasteiger partial charge in [0, 0.05) is 24.8 Å². The Labute approximate surface area is 329 Å². The lowest BCUT2D eigenvalue weighted by Gasteiger charge is -2.20. The number of ether oxygens (including phenoxy) is 3. The summed E-state index contributed by atoms with van der Waals surface area (Å²) in [5.41, 5.74) is 7.19. The van der Waals surface area contributed by atoms with Crippen LogP contribution in [0.3, 0.4) is 0 Å². The fraction of sp³-hybridized carbons (Fsp3) is 0.244. The number of aryl methyl sites for hydroxylation is 1. The minimum Gasteiger partial charge on any atom is -0.508 e. The van der Waals surface area contributed by atoms with Gasteiger partial charge in [0.15, 0.2) is 11.5 Å². The third-order valence-corrected chi connectivity index (χ3v) is 10.6. The van der Waals surface area contributed by atoms with Crippen molar-refractivity contribution in [3.63, 3.8) is 0 Å². The molecule has 1 unspecified atom stereocenters. The molecule has 0 fully saturated rings. The third-order valence-electron chi connectivity index (χ3n) is 10.6. The molecule has 0 heterocycles. The Bertz CT molecular complexity index is 2370. The smallest absolute Gasteiger partial charge is 0.407 e. The zero-order valence-electron chi connectivity index (χ0n) is 31.8. The number of nitrogens with one attached hydrogen (secondary N) is 3. The van der Waals surface area contributed by atoms with Gasteiger partial charge in [-0.1, -0.05) is 66.7 Å². The van der Waals surface area contributed by atoms with Crippen LogP contribution >= 0.6 is 0 Å². The fourth-order valence-electron chi connectivity index (χ4n) is 8.00. The lowest BCUT2D eigenvalue weighted by atomic mass is 9.92. The normalized spacial score (nSPS) is 14.4. The van der Waals surface area contributed by atoms with E-state index in [1.54, 1.807) is 18.2 Å². The van der Waals surface area contributed by atoms with Gasteiger partial charge in [-0.25, -0.2) is 4.79 Å². The van der Waals surface area contributed by atoms with Gasteiger partial charge in [0.2, 0.25) is 17.2 Å². The van der Waals surface area contributed by atoms with Crippen LogP contribution in [0, 0.1) is 0 Å². The molecule has 2 aliphatic rings. The number of hydrogen-bond donors (Lipinski definition) is 5. The Kier molecular flexibility index (Phi) is 11.2. The molecule has 5 aromatic rings. The summed E-state index contributed by atoms with van der Waals surface area (Å²) in [5, 5.41) is 28.9. The van der Waals surface area contributed by atoms with E-state index in [2.05, 4.69) is 16.0 Å². The van der Waals surface area contributed by atoms with Crippen molar-refractivity contribution in [2.24, 2.45) is 0 Å². The van der Waals surface area contributed by atoms with Crippen LogP contribution in [-0.4, -0.2) is 55.0 Å². The number of aliphatic hydroxyl groups excluding tert-OH is 1. The summed E-state index contributed by atoms with van der Waals surface area (Å²) in [5.74, 6) is -0.373. The van der Waals surface area contributed by atoms with Gasteiger partial charge in [-0.15, -0.1) is 0 Å². The number of phenols is 1. The molecule has 0 radical (unpaired) electrons. The van der Waals surface area contributed by atoms with E-state index >= 15 is 0 Å². The number of methoxy groups -OCH3 is 2. The van der Waals surface area contributed by atoms with Crippen molar-refractivity contribution in [1.82, 2.24) is 10.6 Å². The molecule has 57 heavy (non-hydrogen) atoms. The van der Waals surface area contributed by atoms with Gasteiger partial charge in [-0.2, -0.15) is 0 Å². The molecule has 2 atom stereocenters.